The molecule has 0 spiro atoms. The predicted molar refractivity (Wildman–Crippen MR) is 130 cm³/mol. The first-order valence-corrected chi connectivity index (χ1v) is 12.9. The molecule has 0 radical (unpaired) electrons. The minimum atomic E-state index is 0.818. The second kappa shape index (κ2) is 20.0. The molecule has 0 saturated heterocycles. The molecule has 0 aliphatic carbocycles. The lowest BCUT2D eigenvalue weighted by atomic mass is 10.0. The van der Waals surface area contributed by atoms with Crippen LogP contribution >= 0.6 is 0 Å². The maximum atomic E-state index is 3.85. The van der Waals surface area contributed by atoms with E-state index >= 15 is 0 Å². The predicted octanol–water partition coefficient (Wildman–Crippen LogP) is 8.93. The molecule has 0 aromatic heterocycles. The summed E-state index contributed by atoms with van der Waals surface area (Å²) in [6, 6.07) is 0. The summed E-state index contributed by atoms with van der Waals surface area (Å²) in [5.74, 6) is 0.818. The lowest BCUT2D eigenvalue weighted by molar-refractivity contribution is -0.890. The number of hydrogen-bond acceptors (Lipinski definition) is 0. The third-order valence-corrected chi connectivity index (χ3v) is 6.40. The number of unbranched alkanes of at least 4 members (excludes halogenated alkanes) is 14. The fourth-order valence-corrected chi connectivity index (χ4v) is 4.28. The van der Waals surface area contributed by atoms with Crippen LogP contribution in [0.5, 0.6) is 0 Å². The minimum absolute atomic E-state index is 0.818. The maximum absolute atomic E-state index is 3.85. The Bertz CT molecular complexity index is 320. The van der Waals surface area contributed by atoms with Gasteiger partial charge in [0.25, 0.3) is 0 Å². The van der Waals surface area contributed by atoms with E-state index in [0.29, 0.717) is 0 Å². The number of nitrogens with zero attached hydrogens (tertiary/aromatic N) is 1. The summed E-state index contributed by atoms with van der Waals surface area (Å²) in [6.07, 6.45) is 27.7. The highest BCUT2D eigenvalue weighted by Crippen LogP contribution is 2.15. The van der Waals surface area contributed by atoms with Crippen LogP contribution < -0.4 is 0 Å². The Balaban J connectivity index is 3.34. The maximum Gasteiger partial charge on any atom is 0.0782 e. The van der Waals surface area contributed by atoms with Crippen LogP contribution in [0.2, 0.25) is 0 Å². The molecule has 0 aromatic rings. The smallest absolute Gasteiger partial charge is 0.0782 e. The minimum Gasteiger partial charge on any atom is -0.328 e. The van der Waals surface area contributed by atoms with E-state index in [4.69, 9.17) is 0 Å². The van der Waals surface area contributed by atoms with Crippen LogP contribution in [0.4, 0.5) is 0 Å². The Labute approximate surface area is 180 Å². The topological polar surface area (TPSA) is 0 Å². The second-order valence-electron chi connectivity index (χ2n) is 10.1. The molecule has 0 N–H and O–H groups in total. The summed E-state index contributed by atoms with van der Waals surface area (Å²) in [5.41, 5.74) is 0. The zero-order valence-electron chi connectivity index (χ0n) is 20.5. The van der Waals surface area contributed by atoms with Crippen LogP contribution in [0.1, 0.15) is 129 Å². The Hall–Kier alpha value is -0.300. The largest absolute Gasteiger partial charge is 0.328 e. The normalized spacial score (nSPS) is 13.0. The Morgan fingerprint density at radius 2 is 1.04 bits per heavy atom. The molecule has 0 heterocycles. The second-order valence-corrected chi connectivity index (χ2v) is 10.1. The van der Waals surface area contributed by atoms with E-state index in [1.807, 2.05) is 0 Å². The summed E-state index contributed by atoms with van der Waals surface area (Å²) < 4.78 is 1.22. The molecular formula is C27H56N+. The lowest BCUT2D eigenvalue weighted by Gasteiger charge is -2.30. The van der Waals surface area contributed by atoms with Crippen molar-refractivity contribution in [2.24, 2.45) is 5.92 Å². The summed E-state index contributed by atoms with van der Waals surface area (Å²) in [6.45, 7) is 11.2. The van der Waals surface area contributed by atoms with Crippen LogP contribution in [-0.2, 0) is 0 Å². The molecule has 0 saturated carbocycles. The molecule has 0 aliphatic heterocycles. The number of allylic oxidation sites excluding steroid dienone is 1. The molecule has 1 unspecified atom stereocenters. The number of hydrogen-bond donors (Lipinski definition) is 0. The fraction of sp³-hybridized carbons (Fsp3) is 0.926. The van der Waals surface area contributed by atoms with E-state index in [9.17, 15) is 0 Å². The average molecular weight is 395 g/mol. The molecule has 0 bridgehead atoms. The van der Waals surface area contributed by atoms with Gasteiger partial charge in [-0.3, -0.25) is 0 Å². The summed E-state index contributed by atoms with van der Waals surface area (Å²) in [5, 5.41) is 0. The third-order valence-electron chi connectivity index (χ3n) is 6.40. The van der Waals surface area contributed by atoms with Crippen LogP contribution in [0.25, 0.3) is 0 Å². The molecule has 1 atom stereocenters. The van der Waals surface area contributed by atoms with Crippen molar-refractivity contribution < 1.29 is 4.48 Å². The van der Waals surface area contributed by atoms with Crippen LogP contribution in [0.3, 0.4) is 0 Å². The van der Waals surface area contributed by atoms with E-state index in [-0.39, 0.29) is 0 Å². The molecule has 1 heteroatoms. The van der Waals surface area contributed by atoms with Gasteiger partial charge in [0.05, 0.1) is 27.2 Å². The van der Waals surface area contributed by atoms with Crippen molar-refractivity contribution in [3.8, 4) is 0 Å². The van der Waals surface area contributed by atoms with Crippen molar-refractivity contribution >= 4 is 0 Å². The van der Waals surface area contributed by atoms with E-state index < -0.39 is 0 Å². The van der Waals surface area contributed by atoms with Crippen molar-refractivity contribution in [2.45, 2.75) is 129 Å². The van der Waals surface area contributed by atoms with Gasteiger partial charge in [-0.1, -0.05) is 103 Å². The van der Waals surface area contributed by atoms with Gasteiger partial charge in [-0.2, -0.15) is 0 Å². The standard InChI is InChI=1S/C27H56N/c1-6-8-9-10-11-12-13-14-15-16-17-18-19-21-25-28(4,5)26-22-20-24-27(3)23-7-2/h7,27H,2,6,8-26H2,1,3-5H3/q+1. The number of quaternary nitrogens is 1. The highest BCUT2D eigenvalue weighted by atomic mass is 15.3. The Kier molecular flexibility index (Phi) is 19.8. The van der Waals surface area contributed by atoms with Crippen molar-refractivity contribution in [1.82, 2.24) is 0 Å². The summed E-state index contributed by atoms with van der Waals surface area (Å²) in [7, 11) is 4.85. The molecule has 1 nitrogen and oxygen atoms in total. The van der Waals surface area contributed by atoms with Crippen molar-refractivity contribution in [2.75, 3.05) is 27.2 Å². The van der Waals surface area contributed by atoms with Crippen molar-refractivity contribution in [1.29, 1.82) is 0 Å². The number of rotatable bonds is 22. The van der Waals surface area contributed by atoms with Crippen molar-refractivity contribution in [3.05, 3.63) is 12.7 Å². The summed E-state index contributed by atoms with van der Waals surface area (Å²) >= 11 is 0. The van der Waals surface area contributed by atoms with E-state index in [0.717, 1.165) is 5.92 Å². The third kappa shape index (κ3) is 20.4. The molecule has 0 aliphatic rings. The zero-order chi connectivity index (χ0) is 20.9. The van der Waals surface area contributed by atoms with Gasteiger partial charge in [-0.05, 0) is 38.0 Å². The Morgan fingerprint density at radius 1 is 0.643 bits per heavy atom. The van der Waals surface area contributed by atoms with Gasteiger partial charge < -0.3 is 4.48 Å². The lowest BCUT2D eigenvalue weighted by Crippen LogP contribution is -2.41. The van der Waals surface area contributed by atoms with Crippen LogP contribution in [-0.4, -0.2) is 31.7 Å². The van der Waals surface area contributed by atoms with Crippen LogP contribution in [0.15, 0.2) is 12.7 Å². The molecule has 168 valence electrons. The Morgan fingerprint density at radius 3 is 1.46 bits per heavy atom. The molecule has 0 amide bonds. The van der Waals surface area contributed by atoms with Gasteiger partial charge in [0.2, 0.25) is 0 Å². The van der Waals surface area contributed by atoms with Gasteiger partial charge in [-0.15, -0.1) is 6.58 Å². The summed E-state index contributed by atoms with van der Waals surface area (Å²) in [4.78, 5) is 0. The van der Waals surface area contributed by atoms with E-state index in [1.54, 1.807) is 0 Å². The highest BCUT2D eigenvalue weighted by molar-refractivity contribution is 4.70. The van der Waals surface area contributed by atoms with Crippen LogP contribution in [0, 0.1) is 5.92 Å². The molecule has 28 heavy (non-hydrogen) atoms. The van der Waals surface area contributed by atoms with Gasteiger partial charge in [-0.25, -0.2) is 0 Å². The van der Waals surface area contributed by atoms with Gasteiger partial charge in [0, 0.05) is 0 Å². The van der Waals surface area contributed by atoms with Crippen molar-refractivity contribution in [3.63, 3.8) is 0 Å². The first-order valence-electron chi connectivity index (χ1n) is 12.9. The quantitative estimate of drug-likeness (QED) is 0.0976. The monoisotopic (exact) mass is 394 g/mol. The molecular weight excluding hydrogens is 338 g/mol. The average Bonchev–Trinajstić information content (AvgIpc) is 2.66. The first kappa shape index (κ1) is 27.7. The molecule has 0 aromatic carbocycles. The van der Waals surface area contributed by atoms with E-state index in [1.165, 1.54) is 133 Å². The zero-order valence-corrected chi connectivity index (χ0v) is 20.5. The molecule has 0 fully saturated rings. The van der Waals surface area contributed by atoms with Gasteiger partial charge >= 0.3 is 0 Å². The highest BCUT2D eigenvalue weighted by Gasteiger charge is 2.14. The molecule has 0 rings (SSSR count). The van der Waals surface area contributed by atoms with Gasteiger partial charge in [0.1, 0.15) is 0 Å². The van der Waals surface area contributed by atoms with E-state index in [2.05, 4.69) is 40.6 Å². The van der Waals surface area contributed by atoms with Gasteiger partial charge in [0.15, 0.2) is 0 Å². The first-order chi connectivity index (χ1) is 13.5. The SMILES string of the molecule is C=CCC(C)CCCC[N+](C)(C)CCCCCCCCCCCCCCCC. The fourth-order valence-electron chi connectivity index (χ4n) is 4.28.